The first-order chi connectivity index (χ1) is 9.12. The van der Waals surface area contributed by atoms with E-state index in [0.717, 1.165) is 26.1 Å². The van der Waals surface area contributed by atoms with E-state index < -0.39 is 0 Å². The molecule has 1 heterocycles. The van der Waals surface area contributed by atoms with Crippen LogP contribution in [0.15, 0.2) is 30.5 Å². The second-order valence-electron chi connectivity index (χ2n) is 5.87. The van der Waals surface area contributed by atoms with Gasteiger partial charge in [-0.1, -0.05) is 26.0 Å². The minimum Gasteiger partial charge on any atom is -0.385 e. The van der Waals surface area contributed by atoms with E-state index in [2.05, 4.69) is 48.4 Å². The van der Waals surface area contributed by atoms with Gasteiger partial charge in [0, 0.05) is 43.9 Å². The van der Waals surface area contributed by atoms with E-state index in [9.17, 15) is 0 Å². The maximum atomic E-state index is 5.16. The van der Waals surface area contributed by atoms with Crippen LogP contribution in [-0.4, -0.2) is 25.2 Å². The third-order valence-electron chi connectivity index (χ3n) is 3.59. The van der Waals surface area contributed by atoms with Gasteiger partial charge in [-0.2, -0.15) is 0 Å². The van der Waals surface area contributed by atoms with Crippen LogP contribution in [0.5, 0.6) is 0 Å². The zero-order valence-electron chi connectivity index (χ0n) is 12.1. The van der Waals surface area contributed by atoms with Crippen molar-refractivity contribution in [1.82, 2.24) is 10.3 Å². The minimum absolute atomic E-state index is 0.266. The van der Waals surface area contributed by atoms with Gasteiger partial charge in [-0.15, -0.1) is 0 Å². The standard InChI is InChI=1S/C16H24N2O/c1-16(2,8-10-19-3)12-17-11-13-5-4-6-15-14(13)7-9-18-15/h4-7,9,17-18H,8,10-12H2,1-3H3. The van der Waals surface area contributed by atoms with Gasteiger partial charge in [0.05, 0.1) is 0 Å². The van der Waals surface area contributed by atoms with Crippen LogP contribution in [0.25, 0.3) is 10.9 Å². The van der Waals surface area contributed by atoms with E-state index in [4.69, 9.17) is 4.74 Å². The molecule has 0 radical (unpaired) electrons. The van der Waals surface area contributed by atoms with Crippen molar-refractivity contribution < 1.29 is 4.74 Å². The number of nitrogens with one attached hydrogen (secondary N) is 2. The molecule has 0 aliphatic heterocycles. The zero-order chi connectivity index (χ0) is 13.7. The summed E-state index contributed by atoms with van der Waals surface area (Å²) in [4.78, 5) is 3.25. The van der Waals surface area contributed by atoms with Crippen molar-refractivity contribution in [2.45, 2.75) is 26.8 Å². The van der Waals surface area contributed by atoms with Crippen molar-refractivity contribution in [2.24, 2.45) is 5.41 Å². The Morgan fingerprint density at radius 1 is 1.26 bits per heavy atom. The van der Waals surface area contributed by atoms with Gasteiger partial charge in [-0.05, 0) is 29.5 Å². The van der Waals surface area contributed by atoms with Gasteiger partial charge >= 0.3 is 0 Å². The number of aromatic nitrogens is 1. The maximum Gasteiger partial charge on any atom is 0.0467 e. The molecule has 2 rings (SSSR count). The Hall–Kier alpha value is -1.32. The molecular weight excluding hydrogens is 236 g/mol. The van der Waals surface area contributed by atoms with Gasteiger partial charge in [-0.3, -0.25) is 0 Å². The molecule has 0 bridgehead atoms. The minimum atomic E-state index is 0.266. The average Bonchev–Trinajstić information content (AvgIpc) is 2.85. The molecule has 19 heavy (non-hydrogen) atoms. The number of H-pyrrole nitrogens is 1. The molecule has 0 aliphatic rings. The number of hydrogen-bond acceptors (Lipinski definition) is 2. The zero-order valence-corrected chi connectivity index (χ0v) is 12.1. The normalized spacial score (nSPS) is 12.2. The Bertz CT molecular complexity index is 516. The number of aromatic amines is 1. The smallest absolute Gasteiger partial charge is 0.0467 e. The Morgan fingerprint density at radius 2 is 2.11 bits per heavy atom. The van der Waals surface area contributed by atoms with Gasteiger partial charge in [0.2, 0.25) is 0 Å². The van der Waals surface area contributed by atoms with Crippen LogP contribution in [0.3, 0.4) is 0 Å². The Labute approximate surface area is 115 Å². The number of rotatable bonds is 7. The van der Waals surface area contributed by atoms with Crippen LogP contribution in [-0.2, 0) is 11.3 Å². The highest BCUT2D eigenvalue weighted by Gasteiger charge is 2.16. The Balaban J connectivity index is 1.90. The van der Waals surface area contributed by atoms with E-state index in [-0.39, 0.29) is 5.41 Å². The van der Waals surface area contributed by atoms with E-state index >= 15 is 0 Å². The summed E-state index contributed by atoms with van der Waals surface area (Å²) in [6, 6.07) is 8.54. The maximum absolute atomic E-state index is 5.16. The highest BCUT2D eigenvalue weighted by Crippen LogP contribution is 2.20. The molecule has 2 N–H and O–H groups in total. The SMILES string of the molecule is COCCC(C)(C)CNCc1cccc2[nH]ccc12. The first-order valence-electron chi connectivity index (χ1n) is 6.87. The topological polar surface area (TPSA) is 37.0 Å². The monoisotopic (exact) mass is 260 g/mol. The third-order valence-corrected chi connectivity index (χ3v) is 3.59. The highest BCUT2D eigenvalue weighted by atomic mass is 16.5. The predicted octanol–water partition coefficient (Wildman–Crippen LogP) is 3.32. The summed E-state index contributed by atoms with van der Waals surface area (Å²) < 4.78 is 5.16. The summed E-state index contributed by atoms with van der Waals surface area (Å²) in [7, 11) is 1.76. The highest BCUT2D eigenvalue weighted by molar-refractivity contribution is 5.82. The summed E-state index contributed by atoms with van der Waals surface area (Å²) in [5.41, 5.74) is 2.82. The first-order valence-corrected chi connectivity index (χ1v) is 6.87. The quantitative estimate of drug-likeness (QED) is 0.801. The molecule has 3 heteroatoms. The van der Waals surface area contributed by atoms with Crippen molar-refractivity contribution in [1.29, 1.82) is 0 Å². The molecule has 0 fully saturated rings. The molecule has 1 aromatic heterocycles. The van der Waals surface area contributed by atoms with Crippen LogP contribution in [0.2, 0.25) is 0 Å². The molecule has 0 spiro atoms. The molecule has 1 aromatic carbocycles. The van der Waals surface area contributed by atoms with Crippen LogP contribution >= 0.6 is 0 Å². The number of ether oxygens (including phenoxy) is 1. The lowest BCUT2D eigenvalue weighted by Gasteiger charge is -2.24. The molecule has 0 saturated carbocycles. The van der Waals surface area contributed by atoms with E-state index in [1.807, 2.05) is 6.20 Å². The number of fused-ring (bicyclic) bond motifs is 1. The van der Waals surface area contributed by atoms with Gasteiger partial charge in [-0.25, -0.2) is 0 Å². The molecule has 0 amide bonds. The van der Waals surface area contributed by atoms with Crippen LogP contribution in [0.4, 0.5) is 0 Å². The lowest BCUT2D eigenvalue weighted by molar-refractivity contribution is 0.150. The first kappa shape index (κ1) is 14.1. The van der Waals surface area contributed by atoms with Crippen molar-refractivity contribution in [3.05, 3.63) is 36.0 Å². The van der Waals surface area contributed by atoms with Crippen molar-refractivity contribution >= 4 is 10.9 Å². The average molecular weight is 260 g/mol. The third kappa shape index (κ3) is 3.82. The van der Waals surface area contributed by atoms with Crippen LogP contribution in [0, 0.1) is 5.41 Å². The lowest BCUT2D eigenvalue weighted by Crippen LogP contribution is -2.30. The Kier molecular flexibility index (Phi) is 4.61. The summed E-state index contributed by atoms with van der Waals surface area (Å²) >= 11 is 0. The van der Waals surface area contributed by atoms with Gasteiger partial charge in [0.1, 0.15) is 0 Å². The molecule has 3 nitrogen and oxygen atoms in total. The second-order valence-corrected chi connectivity index (χ2v) is 5.87. The number of hydrogen-bond donors (Lipinski definition) is 2. The molecule has 0 unspecified atom stereocenters. The molecule has 0 atom stereocenters. The lowest BCUT2D eigenvalue weighted by atomic mass is 9.89. The largest absolute Gasteiger partial charge is 0.385 e. The fraction of sp³-hybridized carbons (Fsp3) is 0.500. The predicted molar refractivity (Wildman–Crippen MR) is 80.3 cm³/mol. The number of methoxy groups -OCH3 is 1. The summed E-state index contributed by atoms with van der Waals surface area (Å²) in [5.74, 6) is 0. The summed E-state index contributed by atoms with van der Waals surface area (Å²) in [6.07, 6.45) is 3.07. The van der Waals surface area contributed by atoms with Crippen LogP contribution in [0.1, 0.15) is 25.8 Å². The molecule has 2 aromatic rings. The number of benzene rings is 1. The molecular formula is C16H24N2O. The van der Waals surface area contributed by atoms with Gasteiger partial charge < -0.3 is 15.0 Å². The van der Waals surface area contributed by atoms with Crippen molar-refractivity contribution in [3.63, 3.8) is 0 Å². The summed E-state index contributed by atoms with van der Waals surface area (Å²) in [5, 5.41) is 4.87. The van der Waals surface area contributed by atoms with Gasteiger partial charge in [0.15, 0.2) is 0 Å². The van der Waals surface area contributed by atoms with Gasteiger partial charge in [0.25, 0.3) is 0 Å². The summed E-state index contributed by atoms with van der Waals surface area (Å²) in [6.45, 7) is 7.27. The Morgan fingerprint density at radius 3 is 2.89 bits per heavy atom. The van der Waals surface area contributed by atoms with Crippen molar-refractivity contribution in [3.8, 4) is 0 Å². The van der Waals surface area contributed by atoms with E-state index in [1.54, 1.807) is 7.11 Å². The fourth-order valence-electron chi connectivity index (χ4n) is 2.31. The van der Waals surface area contributed by atoms with E-state index in [1.165, 1.54) is 16.5 Å². The molecule has 0 aliphatic carbocycles. The molecule has 0 saturated heterocycles. The fourth-order valence-corrected chi connectivity index (χ4v) is 2.31. The molecule has 104 valence electrons. The second kappa shape index (κ2) is 6.22. The van der Waals surface area contributed by atoms with E-state index in [0.29, 0.717) is 0 Å². The van der Waals surface area contributed by atoms with Crippen LogP contribution < -0.4 is 5.32 Å². The van der Waals surface area contributed by atoms with Crippen molar-refractivity contribution in [2.75, 3.05) is 20.3 Å².